The van der Waals surface area contributed by atoms with E-state index in [2.05, 4.69) is 16.5 Å². The SMILES string of the molecule is Cc1ncn(C(c2ccc(Cl)s2)C(C)N)c1C. The molecule has 3 nitrogen and oxygen atoms in total. The molecule has 0 aromatic carbocycles. The lowest BCUT2D eigenvalue weighted by Crippen LogP contribution is -2.29. The second-order valence-electron chi connectivity index (χ2n) is 4.27. The molecule has 0 aliphatic carbocycles. The molecule has 2 atom stereocenters. The quantitative estimate of drug-likeness (QED) is 0.930. The maximum absolute atomic E-state index is 6.10. The number of thiophene rings is 1. The van der Waals surface area contributed by atoms with Crippen LogP contribution in [0, 0.1) is 13.8 Å². The fourth-order valence-electron chi connectivity index (χ4n) is 1.93. The molecule has 2 rings (SSSR count). The highest BCUT2D eigenvalue weighted by Gasteiger charge is 2.22. The van der Waals surface area contributed by atoms with Crippen LogP contribution in [0.4, 0.5) is 0 Å². The fraction of sp³-hybridized carbons (Fsp3) is 0.417. The summed E-state index contributed by atoms with van der Waals surface area (Å²) in [4.78, 5) is 5.50. The van der Waals surface area contributed by atoms with Crippen LogP contribution in [0.15, 0.2) is 18.5 Å². The zero-order valence-electron chi connectivity index (χ0n) is 10.1. The zero-order chi connectivity index (χ0) is 12.6. The lowest BCUT2D eigenvalue weighted by Gasteiger charge is -2.22. The van der Waals surface area contributed by atoms with Crippen molar-refractivity contribution in [1.82, 2.24) is 9.55 Å². The van der Waals surface area contributed by atoms with Crippen molar-refractivity contribution >= 4 is 22.9 Å². The third-order valence-electron chi connectivity index (χ3n) is 2.97. The number of hydrogen-bond donors (Lipinski definition) is 1. The average Bonchev–Trinajstić information content (AvgIpc) is 2.80. The summed E-state index contributed by atoms with van der Waals surface area (Å²) in [6.07, 6.45) is 1.85. The highest BCUT2D eigenvalue weighted by Crippen LogP contribution is 2.31. The van der Waals surface area contributed by atoms with Gasteiger partial charge >= 0.3 is 0 Å². The van der Waals surface area contributed by atoms with Gasteiger partial charge in [-0.3, -0.25) is 0 Å². The largest absolute Gasteiger partial charge is 0.326 e. The minimum absolute atomic E-state index is 0.0111. The molecule has 0 aliphatic rings. The van der Waals surface area contributed by atoms with Gasteiger partial charge in [-0.2, -0.15) is 0 Å². The first-order valence-corrected chi connectivity index (χ1v) is 6.71. The van der Waals surface area contributed by atoms with Crippen LogP contribution < -0.4 is 5.73 Å². The van der Waals surface area contributed by atoms with Gasteiger partial charge in [0, 0.05) is 16.6 Å². The Morgan fingerprint density at radius 1 is 1.41 bits per heavy atom. The molecule has 0 bridgehead atoms. The maximum Gasteiger partial charge on any atom is 0.0958 e. The summed E-state index contributed by atoms with van der Waals surface area (Å²) in [6, 6.07) is 4.07. The van der Waals surface area contributed by atoms with Crippen molar-refractivity contribution in [2.24, 2.45) is 5.73 Å². The van der Waals surface area contributed by atoms with E-state index in [4.69, 9.17) is 17.3 Å². The lowest BCUT2D eigenvalue weighted by molar-refractivity contribution is 0.495. The van der Waals surface area contributed by atoms with E-state index in [-0.39, 0.29) is 12.1 Å². The van der Waals surface area contributed by atoms with Gasteiger partial charge in [-0.1, -0.05) is 11.6 Å². The predicted molar refractivity (Wildman–Crippen MR) is 72.8 cm³/mol. The lowest BCUT2D eigenvalue weighted by atomic mass is 10.1. The Labute approximate surface area is 110 Å². The van der Waals surface area contributed by atoms with Gasteiger partial charge in [-0.25, -0.2) is 4.98 Å². The standard InChI is InChI=1S/C12H16ClN3S/c1-7(14)12(10-4-5-11(13)17-10)16-6-15-8(2)9(16)3/h4-7,12H,14H2,1-3H3. The van der Waals surface area contributed by atoms with E-state index in [1.54, 1.807) is 11.3 Å². The summed E-state index contributed by atoms with van der Waals surface area (Å²) in [5.74, 6) is 0. The Bertz CT molecular complexity index is 516. The molecule has 2 aromatic rings. The maximum atomic E-state index is 6.10. The number of nitrogens with zero attached hydrogens (tertiary/aromatic N) is 2. The normalized spacial score (nSPS) is 14.9. The molecular weight excluding hydrogens is 254 g/mol. The molecule has 0 aliphatic heterocycles. The molecule has 0 amide bonds. The van der Waals surface area contributed by atoms with E-state index < -0.39 is 0 Å². The van der Waals surface area contributed by atoms with E-state index >= 15 is 0 Å². The van der Waals surface area contributed by atoms with Gasteiger partial charge in [0.15, 0.2) is 0 Å². The smallest absolute Gasteiger partial charge is 0.0958 e. The number of halogens is 1. The molecular formula is C12H16ClN3S. The van der Waals surface area contributed by atoms with Crippen LogP contribution >= 0.6 is 22.9 Å². The van der Waals surface area contributed by atoms with Crippen LogP contribution in [0.5, 0.6) is 0 Å². The highest BCUT2D eigenvalue weighted by atomic mass is 35.5. The second kappa shape index (κ2) is 4.80. The van der Waals surface area contributed by atoms with E-state index in [1.165, 1.54) is 4.88 Å². The summed E-state index contributed by atoms with van der Waals surface area (Å²) in [7, 11) is 0. The molecule has 2 unspecified atom stereocenters. The molecule has 2 aromatic heterocycles. The molecule has 5 heteroatoms. The minimum Gasteiger partial charge on any atom is -0.326 e. The van der Waals surface area contributed by atoms with Crippen molar-refractivity contribution in [2.75, 3.05) is 0 Å². The summed E-state index contributed by atoms with van der Waals surface area (Å²) >= 11 is 7.57. The molecule has 17 heavy (non-hydrogen) atoms. The van der Waals surface area contributed by atoms with E-state index in [0.29, 0.717) is 0 Å². The number of aryl methyl sites for hydroxylation is 1. The Morgan fingerprint density at radius 3 is 2.53 bits per heavy atom. The number of hydrogen-bond acceptors (Lipinski definition) is 3. The van der Waals surface area contributed by atoms with Crippen LogP contribution in [-0.4, -0.2) is 15.6 Å². The van der Waals surface area contributed by atoms with Crippen molar-refractivity contribution in [2.45, 2.75) is 32.9 Å². The average molecular weight is 270 g/mol. The Balaban J connectivity index is 2.46. The van der Waals surface area contributed by atoms with Crippen molar-refractivity contribution in [3.05, 3.63) is 39.1 Å². The van der Waals surface area contributed by atoms with Gasteiger partial charge in [-0.05, 0) is 32.9 Å². The van der Waals surface area contributed by atoms with Crippen molar-refractivity contribution in [3.63, 3.8) is 0 Å². The Hall–Kier alpha value is -0.840. The van der Waals surface area contributed by atoms with Crippen LogP contribution in [0.25, 0.3) is 0 Å². The first-order chi connectivity index (χ1) is 8.00. The molecule has 2 N–H and O–H groups in total. The minimum atomic E-state index is 0.0111. The number of rotatable bonds is 3. The van der Waals surface area contributed by atoms with Crippen LogP contribution in [0.3, 0.4) is 0 Å². The molecule has 2 heterocycles. The van der Waals surface area contributed by atoms with Crippen LogP contribution in [0.1, 0.15) is 29.2 Å². The van der Waals surface area contributed by atoms with Crippen molar-refractivity contribution in [1.29, 1.82) is 0 Å². The Kier molecular flexibility index (Phi) is 3.56. The van der Waals surface area contributed by atoms with Gasteiger partial charge in [0.05, 0.1) is 22.4 Å². The van der Waals surface area contributed by atoms with Crippen LogP contribution in [0.2, 0.25) is 4.34 Å². The van der Waals surface area contributed by atoms with E-state index in [1.807, 2.05) is 32.3 Å². The fourth-order valence-corrected chi connectivity index (χ4v) is 3.21. The second-order valence-corrected chi connectivity index (χ2v) is 6.02. The Morgan fingerprint density at radius 2 is 2.12 bits per heavy atom. The van der Waals surface area contributed by atoms with Crippen molar-refractivity contribution in [3.8, 4) is 0 Å². The first kappa shape index (κ1) is 12.6. The van der Waals surface area contributed by atoms with Gasteiger partial charge in [0.1, 0.15) is 0 Å². The monoisotopic (exact) mass is 269 g/mol. The molecule has 0 fully saturated rings. The highest BCUT2D eigenvalue weighted by molar-refractivity contribution is 7.16. The summed E-state index contributed by atoms with van der Waals surface area (Å²) in [5, 5.41) is 0. The molecule has 0 saturated carbocycles. The zero-order valence-corrected chi connectivity index (χ0v) is 11.7. The third-order valence-corrected chi connectivity index (χ3v) is 4.27. The van der Waals surface area contributed by atoms with Gasteiger partial charge in [0.25, 0.3) is 0 Å². The van der Waals surface area contributed by atoms with Gasteiger partial charge in [-0.15, -0.1) is 11.3 Å². The number of nitrogens with two attached hydrogens (primary N) is 1. The summed E-state index contributed by atoms with van der Waals surface area (Å²) in [6.45, 7) is 6.07. The molecule has 92 valence electrons. The van der Waals surface area contributed by atoms with Gasteiger partial charge in [0.2, 0.25) is 0 Å². The topological polar surface area (TPSA) is 43.8 Å². The predicted octanol–water partition coefficient (Wildman–Crippen LogP) is 3.15. The molecule has 0 saturated heterocycles. The summed E-state index contributed by atoms with van der Waals surface area (Å²) in [5.41, 5.74) is 8.29. The van der Waals surface area contributed by atoms with E-state index in [0.717, 1.165) is 15.7 Å². The first-order valence-electron chi connectivity index (χ1n) is 5.51. The number of imidazole rings is 1. The van der Waals surface area contributed by atoms with Crippen LogP contribution in [-0.2, 0) is 0 Å². The summed E-state index contributed by atoms with van der Waals surface area (Å²) < 4.78 is 2.92. The number of aromatic nitrogens is 2. The molecule has 0 spiro atoms. The van der Waals surface area contributed by atoms with E-state index in [9.17, 15) is 0 Å². The van der Waals surface area contributed by atoms with Crippen molar-refractivity contribution < 1.29 is 0 Å². The third kappa shape index (κ3) is 2.39. The molecule has 0 radical (unpaired) electrons. The van der Waals surface area contributed by atoms with Gasteiger partial charge < -0.3 is 10.3 Å².